The first kappa shape index (κ1) is 12.2. The van der Waals surface area contributed by atoms with Crippen molar-refractivity contribution in [1.82, 2.24) is 5.32 Å². The zero-order valence-electron chi connectivity index (χ0n) is 8.34. The number of carbonyl (C=O) groups is 1. The number of hydrogen-bond donors (Lipinski definition) is 3. The molecule has 0 aromatic rings. The maximum Gasteiger partial charge on any atom is 0.404 e. The van der Waals surface area contributed by atoms with E-state index in [-0.39, 0.29) is 12.0 Å². The average molecular weight is 189 g/mol. The molecule has 0 aromatic heterocycles. The predicted octanol–water partition coefficient (Wildman–Crippen LogP) is 1.44. The van der Waals surface area contributed by atoms with Gasteiger partial charge in [-0.25, -0.2) is 4.79 Å². The molecule has 78 valence electrons. The van der Waals surface area contributed by atoms with Crippen molar-refractivity contribution in [2.24, 2.45) is 5.41 Å². The summed E-state index contributed by atoms with van der Waals surface area (Å²) in [5, 5.41) is 19.5. The number of carboxylic acid groups (broad SMARTS) is 1. The van der Waals surface area contributed by atoms with Gasteiger partial charge in [0.25, 0.3) is 0 Å². The molecule has 0 rings (SSSR count). The molecule has 4 heteroatoms. The summed E-state index contributed by atoms with van der Waals surface area (Å²) in [4.78, 5) is 10.1. The van der Waals surface area contributed by atoms with E-state index < -0.39 is 6.09 Å². The predicted molar refractivity (Wildman–Crippen MR) is 50.7 cm³/mol. The normalized spacial score (nSPS) is 11.3. The van der Waals surface area contributed by atoms with Gasteiger partial charge < -0.3 is 15.5 Å². The number of amides is 1. The van der Waals surface area contributed by atoms with E-state index in [4.69, 9.17) is 10.2 Å². The van der Waals surface area contributed by atoms with E-state index in [1.165, 1.54) is 0 Å². The third kappa shape index (κ3) is 7.59. The van der Waals surface area contributed by atoms with Crippen molar-refractivity contribution in [3.8, 4) is 0 Å². The highest BCUT2D eigenvalue weighted by Crippen LogP contribution is 2.21. The van der Waals surface area contributed by atoms with Gasteiger partial charge in [-0.2, -0.15) is 0 Å². The molecule has 4 nitrogen and oxygen atoms in total. The van der Waals surface area contributed by atoms with Crippen LogP contribution in [-0.2, 0) is 0 Å². The van der Waals surface area contributed by atoms with Gasteiger partial charge in [-0.15, -0.1) is 0 Å². The van der Waals surface area contributed by atoms with Crippen LogP contribution in [0.4, 0.5) is 4.79 Å². The van der Waals surface area contributed by atoms with E-state index in [2.05, 4.69) is 5.32 Å². The summed E-state index contributed by atoms with van der Waals surface area (Å²) in [7, 11) is 0. The van der Waals surface area contributed by atoms with Crippen LogP contribution in [0.3, 0.4) is 0 Å². The SMILES string of the molecule is CC(C)(CO)CCCCNC(=O)O. The lowest BCUT2D eigenvalue weighted by molar-refractivity contribution is 0.147. The van der Waals surface area contributed by atoms with Crippen LogP contribution in [0.5, 0.6) is 0 Å². The van der Waals surface area contributed by atoms with E-state index in [0.717, 1.165) is 19.3 Å². The van der Waals surface area contributed by atoms with E-state index in [1.54, 1.807) is 0 Å². The molecular formula is C9H19NO3. The van der Waals surface area contributed by atoms with Crippen LogP contribution >= 0.6 is 0 Å². The smallest absolute Gasteiger partial charge is 0.404 e. The van der Waals surface area contributed by atoms with Crippen molar-refractivity contribution in [2.75, 3.05) is 13.2 Å². The lowest BCUT2D eigenvalue weighted by atomic mass is 9.88. The Labute approximate surface area is 79.0 Å². The summed E-state index contributed by atoms with van der Waals surface area (Å²) in [6.45, 7) is 4.67. The van der Waals surface area contributed by atoms with Crippen molar-refractivity contribution in [1.29, 1.82) is 0 Å². The molecule has 0 aliphatic rings. The first-order chi connectivity index (χ1) is 5.98. The van der Waals surface area contributed by atoms with Crippen LogP contribution in [0.1, 0.15) is 33.1 Å². The second kappa shape index (κ2) is 5.80. The fourth-order valence-electron chi connectivity index (χ4n) is 1.00. The third-order valence-corrected chi connectivity index (χ3v) is 1.98. The zero-order chi connectivity index (χ0) is 10.3. The molecule has 13 heavy (non-hydrogen) atoms. The first-order valence-corrected chi connectivity index (χ1v) is 4.55. The molecule has 0 unspecified atom stereocenters. The van der Waals surface area contributed by atoms with E-state index in [0.29, 0.717) is 6.54 Å². The largest absolute Gasteiger partial charge is 0.465 e. The highest BCUT2D eigenvalue weighted by molar-refractivity contribution is 5.64. The number of aliphatic hydroxyl groups is 1. The topological polar surface area (TPSA) is 69.6 Å². The molecule has 0 saturated carbocycles. The maximum atomic E-state index is 10.1. The molecule has 3 N–H and O–H groups in total. The maximum absolute atomic E-state index is 10.1. The summed E-state index contributed by atoms with van der Waals surface area (Å²) in [6, 6.07) is 0. The summed E-state index contributed by atoms with van der Waals surface area (Å²) in [5.41, 5.74) is -0.0385. The Kier molecular flexibility index (Phi) is 5.46. The molecule has 0 saturated heterocycles. The van der Waals surface area contributed by atoms with Crippen molar-refractivity contribution in [3.05, 3.63) is 0 Å². The molecule has 0 heterocycles. The van der Waals surface area contributed by atoms with Gasteiger partial charge >= 0.3 is 6.09 Å². The van der Waals surface area contributed by atoms with Gasteiger partial charge in [0.05, 0.1) is 0 Å². The summed E-state index contributed by atoms with van der Waals surface area (Å²) < 4.78 is 0. The molecule has 0 bridgehead atoms. The van der Waals surface area contributed by atoms with Gasteiger partial charge in [-0.3, -0.25) is 0 Å². The van der Waals surface area contributed by atoms with Gasteiger partial charge in [-0.1, -0.05) is 20.3 Å². The number of rotatable bonds is 6. The average Bonchev–Trinajstić information content (AvgIpc) is 2.03. The standard InChI is InChI=1S/C9H19NO3/c1-9(2,7-11)5-3-4-6-10-8(12)13/h10-11H,3-7H2,1-2H3,(H,12,13). The van der Waals surface area contributed by atoms with Crippen LogP contribution < -0.4 is 5.32 Å². The van der Waals surface area contributed by atoms with Crippen molar-refractivity contribution >= 4 is 6.09 Å². The molecule has 0 atom stereocenters. The Morgan fingerprint density at radius 2 is 2.00 bits per heavy atom. The van der Waals surface area contributed by atoms with Crippen LogP contribution in [0.15, 0.2) is 0 Å². The lowest BCUT2D eigenvalue weighted by Gasteiger charge is -2.20. The zero-order valence-corrected chi connectivity index (χ0v) is 8.34. The quantitative estimate of drug-likeness (QED) is 0.554. The Hall–Kier alpha value is -0.770. The Morgan fingerprint density at radius 1 is 1.38 bits per heavy atom. The molecule has 0 fully saturated rings. The minimum absolute atomic E-state index is 0.0385. The summed E-state index contributed by atoms with van der Waals surface area (Å²) in [6.07, 6.45) is 1.72. The fraction of sp³-hybridized carbons (Fsp3) is 0.889. The lowest BCUT2D eigenvalue weighted by Crippen LogP contribution is -2.22. The minimum atomic E-state index is -0.971. The Bertz CT molecular complexity index is 157. The van der Waals surface area contributed by atoms with Crippen LogP contribution in [0.2, 0.25) is 0 Å². The van der Waals surface area contributed by atoms with Crippen molar-refractivity contribution < 1.29 is 15.0 Å². The van der Waals surface area contributed by atoms with E-state index in [9.17, 15) is 4.79 Å². The van der Waals surface area contributed by atoms with Gasteiger partial charge in [-0.05, 0) is 18.3 Å². The summed E-state index contributed by atoms with van der Waals surface area (Å²) in [5.74, 6) is 0. The molecule has 0 radical (unpaired) electrons. The fourth-order valence-corrected chi connectivity index (χ4v) is 1.00. The molecule has 0 aliphatic heterocycles. The van der Waals surface area contributed by atoms with Gasteiger partial charge in [0.15, 0.2) is 0 Å². The number of hydrogen-bond acceptors (Lipinski definition) is 2. The highest BCUT2D eigenvalue weighted by Gasteiger charge is 2.15. The summed E-state index contributed by atoms with van der Waals surface area (Å²) >= 11 is 0. The molecule has 0 spiro atoms. The monoisotopic (exact) mass is 189 g/mol. The Morgan fingerprint density at radius 3 is 2.46 bits per heavy atom. The number of unbranched alkanes of at least 4 members (excludes halogenated alkanes) is 1. The van der Waals surface area contributed by atoms with E-state index >= 15 is 0 Å². The molecule has 0 aliphatic carbocycles. The molecule has 1 amide bonds. The van der Waals surface area contributed by atoms with Crippen molar-refractivity contribution in [3.63, 3.8) is 0 Å². The second-order valence-electron chi connectivity index (χ2n) is 4.01. The second-order valence-corrected chi connectivity index (χ2v) is 4.01. The first-order valence-electron chi connectivity index (χ1n) is 4.55. The van der Waals surface area contributed by atoms with Gasteiger partial charge in [0.1, 0.15) is 0 Å². The van der Waals surface area contributed by atoms with Gasteiger partial charge in [0, 0.05) is 13.2 Å². The van der Waals surface area contributed by atoms with E-state index in [1.807, 2.05) is 13.8 Å². The minimum Gasteiger partial charge on any atom is -0.465 e. The van der Waals surface area contributed by atoms with Crippen molar-refractivity contribution in [2.45, 2.75) is 33.1 Å². The highest BCUT2D eigenvalue weighted by atomic mass is 16.4. The van der Waals surface area contributed by atoms with Crippen LogP contribution in [0, 0.1) is 5.41 Å². The number of nitrogens with one attached hydrogen (secondary N) is 1. The molecule has 0 aromatic carbocycles. The molecular weight excluding hydrogens is 170 g/mol. The number of aliphatic hydroxyl groups excluding tert-OH is 1. The van der Waals surface area contributed by atoms with Crippen LogP contribution in [-0.4, -0.2) is 29.5 Å². The van der Waals surface area contributed by atoms with Gasteiger partial charge in [0.2, 0.25) is 0 Å². The van der Waals surface area contributed by atoms with Crippen LogP contribution in [0.25, 0.3) is 0 Å². The Balaban J connectivity index is 3.30. The third-order valence-electron chi connectivity index (χ3n) is 1.98.